The Kier molecular flexibility index (Phi) is 2.62. The maximum atomic E-state index is 11.9. The lowest BCUT2D eigenvalue weighted by Crippen LogP contribution is -2.00. The van der Waals surface area contributed by atoms with E-state index < -0.39 is 5.51 Å². The number of aryl methyl sites for hydroxylation is 1. The molecule has 12 heavy (non-hydrogen) atoms. The van der Waals surface area contributed by atoms with E-state index in [1.807, 2.05) is 0 Å². The molecule has 0 radical (unpaired) electrons. The summed E-state index contributed by atoms with van der Waals surface area (Å²) >= 11 is -0.135. The predicted octanol–water partition coefficient (Wildman–Crippen LogP) is 3.00. The zero-order chi connectivity index (χ0) is 9.19. The fourth-order valence-electron chi connectivity index (χ4n) is 0.702. The number of thioether (sulfide) groups is 1. The molecule has 1 rings (SSSR count). The minimum Gasteiger partial charge on any atom is -0.260 e. The van der Waals surface area contributed by atoms with Crippen molar-refractivity contribution in [3.63, 3.8) is 0 Å². The van der Waals surface area contributed by atoms with E-state index in [9.17, 15) is 13.2 Å². The van der Waals surface area contributed by atoms with Crippen LogP contribution in [0.5, 0.6) is 0 Å². The van der Waals surface area contributed by atoms with Crippen LogP contribution >= 0.6 is 11.8 Å². The minimum absolute atomic E-state index is 0.135. The van der Waals surface area contributed by atoms with Crippen molar-refractivity contribution in [3.8, 4) is 0 Å². The molecule has 0 aliphatic rings. The lowest BCUT2D eigenvalue weighted by molar-refractivity contribution is -0.0328. The van der Waals surface area contributed by atoms with Crippen LogP contribution in [0.15, 0.2) is 23.2 Å². The first kappa shape index (κ1) is 9.38. The Morgan fingerprint density at radius 1 is 1.42 bits per heavy atom. The van der Waals surface area contributed by atoms with Gasteiger partial charge < -0.3 is 0 Å². The van der Waals surface area contributed by atoms with Gasteiger partial charge in [0, 0.05) is 11.1 Å². The van der Waals surface area contributed by atoms with Gasteiger partial charge in [0.15, 0.2) is 0 Å². The molecular weight excluding hydrogens is 187 g/mol. The lowest BCUT2D eigenvalue weighted by Gasteiger charge is -2.06. The van der Waals surface area contributed by atoms with Crippen LogP contribution in [0.1, 0.15) is 5.69 Å². The second-order valence-corrected chi connectivity index (χ2v) is 3.24. The smallest absolute Gasteiger partial charge is 0.260 e. The molecule has 1 heterocycles. The summed E-state index contributed by atoms with van der Waals surface area (Å²) in [4.78, 5) is 3.90. The Labute approximate surface area is 72.0 Å². The van der Waals surface area contributed by atoms with Gasteiger partial charge in [0.25, 0.3) is 0 Å². The normalized spacial score (nSPS) is 11.7. The Morgan fingerprint density at radius 2 is 2.08 bits per heavy atom. The standard InChI is InChI=1S/C7H6F3NS/c1-5-6(3-2-4-11-5)12-7(8,9)10/h2-4H,1H3. The Morgan fingerprint density at radius 3 is 2.58 bits per heavy atom. The molecule has 0 saturated carbocycles. The molecule has 0 aliphatic carbocycles. The van der Waals surface area contributed by atoms with Crippen molar-refractivity contribution in [2.24, 2.45) is 0 Å². The molecule has 0 fully saturated rings. The van der Waals surface area contributed by atoms with Crippen molar-refractivity contribution < 1.29 is 13.2 Å². The van der Waals surface area contributed by atoms with Crippen LogP contribution in [0.3, 0.4) is 0 Å². The summed E-state index contributed by atoms with van der Waals surface area (Å²) in [6, 6.07) is 2.89. The molecule has 0 atom stereocenters. The van der Waals surface area contributed by atoms with Crippen molar-refractivity contribution >= 4 is 11.8 Å². The summed E-state index contributed by atoms with van der Waals surface area (Å²) in [5.41, 5.74) is -3.83. The van der Waals surface area contributed by atoms with Crippen molar-refractivity contribution in [2.75, 3.05) is 0 Å². The molecule has 0 N–H and O–H groups in total. The van der Waals surface area contributed by atoms with Crippen molar-refractivity contribution in [1.82, 2.24) is 4.98 Å². The van der Waals surface area contributed by atoms with Gasteiger partial charge in [0.2, 0.25) is 0 Å². The molecule has 0 aromatic carbocycles. The van der Waals surface area contributed by atoms with Gasteiger partial charge in [-0.3, -0.25) is 4.98 Å². The second kappa shape index (κ2) is 3.35. The zero-order valence-corrected chi connectivity index (χ0v) is 7.04. The van der Waals surface area contributed by atoms with Crippen molar-refractivity contribution in [2.45, 2.75) is 17.3 Å². The molecule has 5 heteroatoms. The number of nitrogens with zero attached hydrogens (tertiary/aromatic N) is 1. The highest BCUT2D eigenvalue weighted by atomic mass is 32.2. The molecular formula is C7H6F3NS. The molecule has 0 unspecified atom stereocenters. The zero-order valence-electron chi connectivity index (χ0n) is 6.22. The summed E-state index contributed by atoms with van der Waals surface area (Å²) in [6.07, 6.45) is 1.47. The van der Waals surface area contributed by atoms with Crippen LogP contribution in [-0.2, 0) is 0 Å². The predicted molar refractivity (Wildman–Crippen MR) is 40.9 cm³/mol. The first-order valence-corrected chi connectivity index (χ1v) is 3.98. The topological polar surface area (TPSA) is 12.9 Å². The summed E-state index contributed by atoms with van der Waals surface area (Å²) in [5.74, 6) is 0. The van der Waals surface area contributed by atoms with E-state index in [1.54, 1.807) is 6.92 Å². The largest absolute Gasteiger partial charge is 0.446 e. The number of aromatic nitrogens is 1. The molecule has 1 nitrogen and oxygen atoms in total. The average molecular weight is 193 g/mol. The fraction of sp³-hybridized carbons (Fsp3) is 0.286. The Balaban J connectivity index is 2.83. The first-order valence-electron chi connectivity index (χ1n) is 3.16. The number of hydrogen-bond acceptors (Lipinski definition) is 2. The van der Waals surface area contributed by atoms with E-state index in [4.69, 9.17) is 0 Å². The molecule has 0 amide bonds. The van der Waals surface area contributed by atoms with Crippen LogP contribution < -0.4 is 0 Å². The van der Waals surface area contributed by atoms with Gasteiger partial charge in [-0.15, -0.1) is 0 Å². The third-order valence-corrected chi connectivity index (χ3v) is 2.07. The van der Waals surface area contributed by atoms with Gasteiger partial charge in [-0.05, 0) is 30.8 Å². The van der Waals surface area contributed by atoms with E-state index in [1.165, 1.54) is 18.3 Å². The van der Waals surface area contributed by atoms with E-state index in [0.29, 0.717) is 5.69 Å². The molecule has 1 aromatic rings. The van der Waals surface area contributed by atoms with Crippen molar-refractivity contribution in [1.29, 1.82) is 0 Å². The second-order valence-electron chi connectivity index (χ2n) is 2.13. The van der Waals surface area contributed by atoms with Gasteiger partial charge in [-0.2, -0.15) is 13.2 Å². The molecule has 0 spiro atoms. The average Bonchev–Trinajstić information content (AvgIpc) is 1.91. The minimum atomic E-state index is -4.23. The van der Waals surface area contributed by atoms with Gasteiger partial charge in [-0.25, -0.2) is 0 Å². The quantitative estimate of drug-likeness (QED) is 0.636. The van der Waals surface area contributed by atoms with Crippen LogP contribution in [0.4, 0.5) is 13.2 Å². The summed E-state index contributed by atoms with van der Waals surface area (Å²) in [5, 5.41) is 0. The summed E-state index contributed by atoms with van der Waals surface area (Å²) < 4.78 is 35.6. The maximum Gasteiger partial charge on any atom is 0.446 e. The number of hydrogen-bond donors (Lipinski definition) is 0. The van der Waals surface area contributed by atoms with Gasteiger partial charge in [-0.1, -0.05) is 0 Å². The van der Waals surface area contributed by atoms with E-state index in [0.717, 1.165) is 0 Å². The SMILES string of the molecule is Cc1ncccc1SC(F)(F)F. The number of alkyl halides is 3. The summed E-state index contributed by atoms with van der Waals surface area (Å²) in [7, 11) is 0. The maximum absolute atomic E-state index is 11.9. The third kappa shape index (κ3) is 2.73. The molecule has 0 aliphatic heterocycles. The van der Waals surface area contributed by atoms with Crippen LogP contribution in [-0.4, -0.2) is 10.5 Å². The van der Waals surface area contributed by atoms with Crippen LogP contribution in [0.25, 0.3) is 0 Å². The molecule has 0 saturated heterocycles. The number of rotatable bonds is 1. The van der Waals surface area contributed by atoms with Gasteiger partial charge >= 0.3 is 5.51 Å². The highest BCUT2D eigenvalue weighted by Gasteiger charge is 2.29. The Hall–Kier alpha value is -0.710. The van der Waals surface area contributed by atoms with Gasteiger partial charge in [0.05, 0.1) is 5.69 Å². The van der Waals surface area contributed by atoms with Crippen LogP contribution in [0, 0.1) is 6.92 Å². The van der Waals surface area contributed by atoms with E-state index >= 15 is 0 Å². The molecule has 1 aromatic heterocycles. The Bertz CT molecular complexity index is 272. The highest BCUT2D eigenvalue weighted by Crippen LogP contribution is 2.37. The number of pyridine rings is 1. The summed E-state index contributed by atoms with van der Waals surface area (Å²) in [6.45, 7) is 1.55. The van der Waals surface area contributed by atoms with Gasteiger partial charge in [0.1, 0.15) is 0 Å². The van der Waals surface area contributed by atoms with Crippen molar-refractivity contribution in [3.05, 3.63) is 24.0 Å². The molecule has 0 bridgehead atoms. The fourth-order valence-corrected chi connectivity index (χ4v) is 1.30. The third-order valence-electron chi connectivity index (χ3n) is 1.18. The monoisotopic (exact) mass is 193 g/mol. The van der Waals surface area contributed by atoms with E-state index in [2.05, 4.69) is 4.98 Å². The number of halogens is 3. The van der Waals surface area contributed by atoms with E-state index in [-0.39, 0.29) is 16.7 Å². The van der Waals surface area contributed by atoms with Crippen LogP contribution in [0.2, 0.25) is 0 Å². The molecule has 66 valence electrons. The lowest BCUT2D eigenvalue weighted by atomic mass is 10.4. The first-order chi connectivity index (χ1) is 5.49. The highest BCUT2D eigenvalue weighted by molar-refractivity contribution is 8.00.